The molecule has 1 saturated heterocycles. The molecule has 13 heteroatoms. The summed E-state index contributed by atoms with van der Waals surface area (Å²) in [4.78, 5) is 36.5. The zero-order valence-electron chi connectivity index (χ0n) is 24.6. The zero-order chi connectivity index (χ0) is 31.1. The Morgan fingerprint density at radius 2 is 2.09 bits per heavy atom. The Balaban J connectivity index is 1.50. The first-order chi connectivity index (χ1) is 21.2. The SMILES string of the molecule is COC1CNCCC1n1ncc2c(-c3ccc4c(c3)OCC(=O)N4Cc3ncc(Cl)cc3F)c(C(N)=O)c(CC(C)C)nc21. The number of hydrogen-bond acceptors (Lipinski definition) is 8. The van der Waals surface area contributed by atoms with Crippen molar-refractivity contribution in [3.8, 4) is 16.9 Å². The first-order valence-corrected chi connectivity index (χ1v) is 14.8. The van der Waals surface area contributed by atoms with Crippen LogP contribution in [-0.4, -0.2) is 64.5 Å². The number of pyridine rings is 2. The minimum atomic E-state index is -0.612. The van der Waals surface area contributed by atoms with Crippen LogP contribution in [-0.2, 0) is 22.5 Å². The molecule has 2 amide bonds. The fourth-order valence-electron chi connectivity index (χ4n) is 6.03. The van der Waals surface area contributed by atoms with E-state index in [9.17, 15) is 14.0 Å². The summed E-state index contributed by atoms with van der Waals surface area (Å²) in [6.07, 6.45) is 4.26. The highest BCUT2D eigenvalue weighted by molar-refractivity contribution is 6.30. The third-order valence-corrected chi connectivity index (χ3v) is 8.26. The maximum absolute atomic E-state index is 14.6. The number of aromatic nitrogens is 4. The number of nitrogens with one attached hydrogen (secondary N) is 1. The molecule has 2 aliphatic heterocycles. The van der Waals surface area contributed by atoms with E-state index >= 15 is 0 Å². The van der Waals surface area contributed by atoms with Crippen LogP contribution in [0.4, 0.5) is 10.1 Å². The van der Waals surface area contributed by atoms with Crippen molar-refractivity contribution < 1.29 is 23.5 Å². The first-order valence-electron chi connectivity index (χ1n) is 14.5. The van der Waals surface area contributed by atoms with Gasteiger partial charge in [0.05, 0.1) is 52.5 Å². The molecule has 2 atom stereocenters. The number of carbonyl (C=O) groups is 2. The van der Waals surface area contributed by atoms with Crippen LogP contribution in [0.1, 0.15) is 48.1 Å². The van der Waals surface area contributed by atoms with Gasteiger partial charge in [0, 0.05) is 30.8 Å². The number of nitrogens with two attached hydrogens (primary N) is 1. The van der Waals surface area contributed by atoms with E-state index in [0.29, 0.717) is 57.8 Å². The fraction of sp³-hybridized carbons (Fsp3) is 0.387. The average molecular weight is 622 g/mol. The van der Waals surface area contributed by atoms with Crippen molar-refractivity contribution in [3.63, 3.8) is 0 Å². The van der Waals surface area contributed by atoms with E-state index in [1.54, 1.807) is 31.5 Å². The number of anilines is 1. The van der Waals surface area contributed by atoms with Gasteiger partial charge in [0.15, 0.2) is 12.3 Å². The predicted molar refractivity (Wildman–Crippen MR) is 163 cm³/mol. The van der Waals surface area contributed by atoms with Crippen LogP contribution in [0.3, 0.4) is 0 Å². The van der Waals surface area contributed by atoms with E-state index in [4.69, 9.17) is 36.9 Å². The van der Waals surface area contributed by atoms with Gasteiger partial charge in [0.25, 0.3) is 11.8 Å². The molecule has 2 unspecified atom stereocenters. The first kappa shape index (κ1) is 29.9. The number of fused-ring (bicyclic) bond motifs is 2. The molecule has 0 bridgehead atoms. The van der Waals surface area contributed by atoms with Gasteiger partial charge < -0.3 is 20.5 Å². The monoisotopic (exact) mass is 621 g/mol. The van der Waals surface area contributed by atoms with Crippen LogP contribution in [0.5, 0.6) is 5.75 Å². The summed E-state index contributed by atoms with van der Waals surface area (Å²) in [5, 5.41) is 8.94. The summed E-state index contributed by atoms with van der Waals surface area (Å²) in [5.74, 6) is -0.970. The lowest BCUT2D eigenvalue weighted by atomic mass is 9.92. The van der Waals surface area contributed by atoms with Gasteiger partial charge in [-0.05, 0) is 49.1 Å². The fourth-order valence-corrected chi connectivity index (χ4v) is 6.17. The summed E-state index contributed by atoms with van der Waals surface area (Å²) in [6.45, 7) is 5.25. The number of piperidine rings is 1. The molecule has 1 aromatic carbocycles. The molecule has 0 saturated carbocycles. The van der Waals surface area contributed by atoms with E-state index in [1.807, 2.05) is 4.68 Å². The lowest BCUT2D eigenvalue weighted by molar-refractivity contribution is -0.121. The maximum atomic E-state index is 14.6. The molecule has 230 valence electrons. The molecule has 3 aromatic heterocycles. The Kier molecular flexibility index (Phi) is 8.23. The molecule has 11 nitrogen and oxygen atoms in total. The Labute approximate surface area is 258 Å². The van der Waals surface area contributed by atoms with Crippen LogP contribution in [0, 0.1) is 11.7 Å². The number of benzene rings is 1. The number of amides is 2. The number of rotatable bonds is 8. The second-order valence-corrected chi connectivity index (χ2v) is 11.9. The van der Waals surface area contributed by atoms with E-state index in [0.717, 1.165) is 19.0 Å². The highest BCUT2D eigenvalue weighted by atomic mass is 35.5. The van der Waals surface area contributed by atoms with Gasteiger partial charge in [0.1, 0.15) is 11.6 Å². The molecule has 0 radical (unpaired) electrons. The number of primary amides is 1. The summed E-state index contributed by atoms with van der Waals surface area (Å²) in [5.41, 5.74) is 9.32. The van der Waals surface area contributed by atoms with E-state index in [-0.39, 0.29) is 47.8 Å². The van der Waals surface area contributed by atoms with E-state index in [1.165, 1.54) is 11.1 Å². The molecular formula is C31H33ClFN7O4. The van der Waals surface area contributed by atoms with Crippen molar-refractivity contribution >= 4 is 40.1 Å². The lowest BCUT2D eigenvalue weighted by Gasteiger charge is -2.31. The molecule has 5 heterocycles. The molecule has 0 aliphatic carbocycles. The van der Waals surface area contributed by atoms with Gasteiger partial charge in [-0.2, -0.15) is 5.10 Å². The third kappa shape index (κ3) is 5.49. The van der Waals surface area contributed by atoms with Crippen LogP contribution >= 0.6 is 11.6 Å². The molecule has 0 spiro atoms. The van der Waals surface area contributed by atoms with Crippen molar-refractivity contribution in [2.75, 3.05) is 31.7 Å². The number of hydrogen-bond donors (Lipinski definition) is 2. The van der Waals surface area contributed by atoms with Gasteiger partial charge in [0.2, 0.25) is 0 Å². The predicted octanol–water partition coefficient (Wildman–Crippen LogP) is 4.06. The van der Waals surface area contributed by atoms with Crippen molar-refractivity contribution in [2.24, 2.45) is 11.7 Å². The molecule has 1 fully saturated rings. The quantitative estimate of drug-likeness (QED) is 0.301. The Hall–Kier alpha value is -4.13. The summed E-state index contributed by atoms with van der Waals surface area (Å²) < 4.78 is 28.1. The molecule has 3 N–H and O–H groups in total. The van der Waals surface area contributed by atoms with Crippen LogP contribution < -0.4 is 20.7 Å². The molecular weight excluding hydrogens is 589 g/mol. The zero-order valence-corrected chi connectivity index (χ0v) is 25.4. The van der Waals surface area contributed by atoms with E-state index < -0.39 is 11.7 Å². The van der Waals surface area contributed by atoms with Gasteiger partial charge in [-0.25, -0.2) is 14.1 Å². The van der Waals surface area contributed by atoms with Gasteiger partial charge >= 0.3 is 0 Å². The second kappa shape index (κ2) is 12.1. The summed E-state index contributed by atoms with van der Waals surface area (Å²) in [6, 6.07) is 6.37. The normalized spacial score (nSPS) is 18.5. The number of methoxy groups -OCH3 is 1. The highest BCUT2D eigenvalue weighted by Gasteiger charge is 2.32. The van der Waals surface area contributed by atoms with Crippen molar-refractivity contribution in [2.45, 2.75) is 45.4 Å². The molecule has 4 aromatic rings. The van der Waals surface area contributed by atoms with Gasteiger partial charge in [-0.3, -0.25) is 19.5 Å². The summed E-state index contributed by atoms with van der Waals surface area (Å²) in [7, 11) is 1.68. The number of nitrogens with zero attached hydrogens (tertiary/aromatic N) is 5. The topological polar surface area (TPSA) is 137 Å². The molecule has 44 heavy (non-hydrogen) atoms. The van der Waals surface area contributed by atoms with Crippen molar-refractivity contribution in [3.05, 3.63) is 64.5 Å². The van der Waals surface area contributed by atoms with Gasteiger partial charge in [-0.1, -0.05) is 31.5 Å². The van der Waals surface area contributed by atoms with Crippen LogP contribution in [0.2, 0.25) is 5.02 Å². The minimum absolute atomic E-state index is 0.0567. The number of halogens is 2. The van der Waals surface area contributed by atoms with Crippen LogP contribution in [0.15, 0.2) is 36.7 Å². The number of carbonyl (C=O) groups excluding carboxylic acids is 2. The summed E-state index contributed by atoms with van der Waals surface area (Å²) >= 11 is 5.87. The Morgan fingerprint density at radius 1 is 1.27 bits per heavy atom. The Bertz CT molecular complexity index is 1760. The smallest absolute Gasteiger partial charge is 0.265 e. The molecule has 6 rings (SSSR count). The Morgan fingerprint density at radius 3 is 2.82 bits per heavy atom. The van der Waals surface area contributed by atoms with Crippen molar-refractivity contribution in [1.29, 1.82) is 0 Å². The lowest BCUT2D eigenvalue weighted by Crippen LogP contribution is -2.43. The van der Waals surface area contributed by atoms with E-state index in [2.05, 4.69) is 24.1 Å². The minimum Gasteiger partial charge on any atom is -0.482 e. The van der Waals surface area contributed by atoms with Crippen molar-refractivity contribution in [1.82, 2.24) is 25.1 Å². The van der Waals surface area contributed by atoms with Gasteiger partial charge in [-0.15, -0.1) is 0 Å². The number of ether oxygens (including phenoxy) is 2. The van der Waals surface area contributed by atoms with Crippen LogP contribution in [0.25, 0.3) is 22.2 Å². The third-order valence-electron chi connectivity index (χ3n) is 8.06. The average Bonchev–Trinajstić information content (AvgIpc) is 3.41. The largest absolute Gasteiger partial charge is 0.482 e. The second-order valence-electron chi connectivity index (χ2n) is 11.5. The highest BCUT2D eigenvalue weighted by Crippen LogP contribution is 2.41. The maximum Gasteiger partial charge on any atom is 0.265 e. The molecule has 2 aliphatic rings. The standard InChI is InChI=1S/C31H33ClFN7O4/c1-16(2)8-21-29(30(34)42)28(19-12-37-40(31(19)38-21)24-6-7-35-13-26(24)43-3)17-4-5-23-25(9-17)44-15-27(41)39(23)14-22-20(33)10-18(32)11-36-22/h4-5,9-12,16,24,26,35H,6-8,13-15H2,1-3H3,(H2,34,42).